The molecular weight excluding hydrogens is 290 g/mol. The van der Waals surface area contributed by atoms with Crippen molar-refractivity contribution in [3.63, 3.8) is 0 Å². The molecule has 7 heteroatoms. The van der Waals surface area contributed by atoms with Gasteiger partial charge in [0.2, 0.25) is 0 Å². The third-order valence-electron chi connectivity index (χ3n) is 2.76. The van der Waals surface area contributed by atoms with Gasteiger partial charge in [0.15, 0.2) is 0 Å². The van der Waals surface area contributed by atoms with Gasteiger partial charge in [0.1, 0.15) is 10.7 Å². The molecule has 21 heavy (non-hydrogen) atoms. The van der Waals surface area contributed by atoms with Crippen LogP contribution in [-0.2, 0) is 4.79 Å². The first kappa shape index (κ1) is 17.6. The highest BCUT2D eigenvalue weighted by Crippen LogP contribution is 2.23. The number of nitrogens with zero attached hydrogens (tertiary/aromatic N) is 1. The summed E-state index contributed by atoms with van der Waals surface area (Å²) in [5.41, 5.74) is 5.93. The molecule has 1 aromatic rings. The lowest BCUT2D eigenvalue weighted by Crippen LogP contribution is -2.39. The molecule has 2 unspecified atom stereocenters. The van der Waals surface area contributed by atoms with Gasteiger partial charge >= 0.3 is 5.97 Å². The van der Waals surface area contributed by atoms with Gasteiger partial charge in [-0.05, 0) is 18.8 Å². The zero-order valence-electron chi connectivity index (χ0n) is 12.8. The number of nitrogens with two attached hydrogens (primary N) is 1. The quantitative estimate of drug-likeness (QED) is 0.746. The molecular formula is C14H23N3O3S. The average molecular weight is 313 g/mol. The summed E-state index contributed by atoms with van der Waals surface area (Å²) in [6, 6.07) is -0.642. The minimum atomic E-state index is -0.931. The van der Waals surface area contributed by atoms with E-state index in [2.05, 4.69) is 10.3 Å². The van der Waals surface area contributed by atoms with Gasteiger partial charge < -0.3 is 16.2 Å². The van der Waals surface area contributed by atoms with Crippen LogP contribution >= 0.6 is 11.3 Å². The summed E-state index contributed by atoms with van der Waals surface area (Å²) in [5, 5.41) is 14.0. The Labute approximate surface area is 128 Å². The van der Waals surface area contributed by atoms with Gasteiger partial charge in [-0.25, -0.2) is 4.98 Å². The lowest BCUT2D eigenvalue weighted by atomic mass is 9.87. The van der Waals surface area contributed by atoms with E-state index in [-0.39, 0.29) is 29.5 Å². The molecule has 0 aliphatic carbocycles. The number of amides is 1. The summed E-state index contributed by atoms with van der Waals surface area (Å²) in [7, 11) is 0. The predicted octanol–water partition coefficient (Wildman–Crippen LogP) is 2.17. The molecule has 0 saturated heterocycles. The van der Waals surface area contributed by atoms with Crippen LogP contribution in [-0.4, -0.2) is 28.0 Å². The molecule has 0 aromatic carbocycles. The number of nitrogens with one attached hydrogen (secondary N) is 1. The molecule has 0 radical (unpaired) electrons. The van der Waals surface area contributed by atoms with Crippen LogP contribution in [0.5, 0.6) is 0 Å². The zero-order valence-corrected chi connectivity index (χ0v) is 13.7. The topological polar surface area (TPSA) is 105 Å². The van der Waals surface area contributed by atoms with Gasteiger partial charge in [-0.3, -0.25) is 9.59 Å². The minimum absolute atomic E-state index is 0.0770. The molecule has 1 rings (SSSR count). The minimum Gasteiger partial charge on any atom is -0.481 e. The van der Waals surface area contributed by atoms with Crippen molar-refractivity contribution in [2.75, 3.05) is 0 Å². The standard InChI is InChI=1S/C14H23N3O3S/c1-8(15)13-17-10(7-21-13)12(20)16-9(5-11(18)19)6-14(2,3)4/h7-9H,5-6,15H2,1-4H3,(H,16,20)(H,18,19). The van der Waals surface area contributed by atoms with Crippen molar-refractivity contribution in [1.82, 2.24) is 10.3 Å². The van der Waals surface area contributed by atoms with Crippen molar-refractivity contribution in [2.45, 2.75) is 52.6 Å². The smallest absolute Gasteiger partial charge is 0.305 e. The highest BCUT2D eigenvalue weighted by molar-refractivity contribution is 7.09. The molecule has 1 aromatic heterocycles. The van der Waals surface area contributed by atoms with Crippen LogP contribution in [0.15, 0.2) is 5.38 Å². The fraction of sp³-hybridized carbons (Fsp3) is 0.643. The fourth-order valence-corrected chi connectivity index (χ4v) is 2.74. The van der Waals surface area contributed by atoms with E-state index in [9.17, 15) is 9.59 Å². The summed E-state index contributed by atoms with van der Waals surface area (Å²) in [6.45, 7) is 7.81. The Balaban J connectivity index is 2.76. The maximum Gasteiger partial charge on any atom is 0.305 e. The number of hydrogen-bond acceptors (Lipinski definition) is 5. The molecule has 1 heterocycles. The Morgan fingerprint density at radius 3 is 2.52 bits per heavy atom. The summed E-state index contributed by atoms with van der Waals surface area (Å²) in [6.07, 6.45) is 0.475. The molecule has 0 aliphatic heterocycles. The second-order valence-corrected chi connectivity index (χ2v) is 7.28. The van der Waals surface area contributed by atoms with Crippen LogP contribution in [0.4, 0.5) is 0 Å². The Kier molecular flexibility index (Phi) is 5.86. The predicted molar refractivity (Wildman–Crippen MR) is 82.3 cm³/mol. The summed E-state index contributed by atoms with van der Waals surface area (Å²) < 4.78 is 0. The largest absolute Gasteiger partial charge is 0.481 e. The summed E-state index contributed by atoms with van der Waals surface area (Å²) in [5.74, 6) is -1.28. The van der Waals surface area contributed by atoms with E-state index in [1.807, 2.05) is 20.8 Å². The van der Waals surface area contributed by atoms with Gasteiger partial charge in [0.05, 0.1) is 12.5 Å². The number of hydrogen-bond donors (Lipinski definition) is 3. The Bertz CT molecular complexity index is 506. The number of carbonyl (C=O) groups is 2. The van der Waals surface area contributed by atoms with Gasteiger partial charge in [-0.15, -0.1) is 11.3 Å². The Hall–Kier alpha value is -1.47. The molecule has 6 nitrogen and oxygen atoms in total. The monoisotopic (exact) mass is 313 g/mol. The zero-order chi connectivity index (χ0) is 16.2. The fourth-order valence-electron chi connectivity index (χ4n) is 1.98. The van der Waals surface area contributed by atoms with Crippen LogP contribution in [0.1, 0.15) is 62.1 Å². The van der Waals surface area contributed by atoms with Crippen LogP contribution in [0, 0.1) is 5.41 Å². The molecule has 0 fully saturated rings. The number of carbonyl (C=O) groups excluding carboxylic acids is 1. The van der Waals surface area contributed by atoms with Crippen molar-refractivity contribution in [3.05, 3.63) is 16.1 Å². The SMILES string of the molecule is CC(N)c1nc(C(=O)NC(CC(=O)O)CC(C)(C)C)cs1. The van der Waals surface area contributed by atoms with E-state index in [1.165, 1.54) is 11.3 Å². The Morgan fingerprint density at radius 2 is 2.10 bits per heavy atom. The van der Waals surface area contributed by atoms with Gasteiger partial charge in [-0.1, -0.05) is 20.8 Å². The highest BCUT2D eigenvalue weighted by atomic mass is 32.1. The lowest BCUT2D eigenvalue weighted by Gasteiger charge is -2.25. The van der Waals surface area contributed by atoms with Crippen LogP contribution < -0.4 is 11.1 Å². The lowest BCUT2D eigenvalue weighted by molar-refractivity contribution is -0.137. The molecule has 1 amide bonds. The maximum absolute atomic E-state index is 12.2. The second kappa shape index (κ2) is 7.00. The normalized spacial score (nSPS) is 14.5. The Morgan fingerprint density at radius 1 is 1.48 bits per heavy atom. The molecule has 0 spiro atoms. The number of aliphatic carboxylic acids is 1. The van der Waals surface area contributed by atoms with Gasteiger partial charge in [-0.2, -0.15) is 0 Å². The van der Waals surface area contributed by atoms with E-state index in [1.54, 1.807) is 12.3 Å². The van der Waals surface area contributed by atoms with E-state index in [4.69, 9.17) is 10.8 Å². The highest BCUT2D eigenvalue weighted by Gasteiger charge is 2.24. The first-order valence-corrected chi connectivity index (χ1v) is 7.70. The number of carboxylic acids is 1. The molecule has 0 saturated carbocycles. The van der Waals surface area contributed by atoms with Crippen LogP contribution in [0.2, 0.25) is 0 Å². The summed E-state index contributed by atoms with van der Waals surface area (Å²) >= 11 is 1.33. The van der Waals surface area contributed by atoms with Crippen molar-refractivity contribution < 1.29 is 14.7 Å². The first-order valence-electron chi connectivity index (χ1n) is 6.82. The molecule has 4 N–H and O–H groups in total. The van der Waals surface area contributed by atoms with Crippen LogP contribution in [0.25, 0.3) is 0 Å². The number of rotatable bonds is 6. The average Bonchev–Trinajstić information content (AvgIpc) is 2.74. The molecule has 2 atom stereocenters. The van der Waals surface area contributed by atoms with Gasteiger partial charge in [0, 0.05) is 11.4 Å². The summed E-state index contributed by atoms with van der Waals surface area (Å²) in [4.78, 5) is 27.3. The number of carboxylic acid groups (broad SMARTS) is 1. The first-order chi connectivity index (χ1) is 9.58. The molecule has 0 bridgehead atoms. The van der Waals surface area contributed by atoms with Gasteiger partial charge in [0.25, 0.3) is 5.91 Å². The van der Waals surface area contributed by atoms with E-state index in [0.29, 0.717) is 11.4 Å². The number of thiazole rings is 1. The van der Waals surface area contributed by atoms with E-state index in [0.717, 1.165) is 0 Å². The van der Waals surface area contributed by atoms with Crippen LogP contribution in [0.3, 0.4) is 0 Å². The third kappa shape index (κ3) is 6.22. The van der Waals surface area contributed by atoms with E-state index < -0.39 is 12.0 Å². The molecule has 118 valence electrons. The molecule has 0 aliphatic rings. The van der Waals surface area contributed by atoms with E-state index >= 15 is 0 Å². The number of aromatic nitrogens is 1. The van der Waals surface area contributed by atoms with Crippen molar-refractivity contribution in [1.29, 1.82) is 0 Å². The van der Waals surface area contributed by atoms with Crippen molar-refractivity contribution in [3.8, 4) is 0 Å². The maximum atomic E-state index is 12.2. The second-order valence-electron chi connectivity index (χ2n) is 6.39. The third-order valence-corrected chi connectivity index (χ3v) is 3.80. The van der Waals surface area contributed by atoms with Crippen molar-refractivity contribution >= 4 is 23.2 Å². The van der Waals surface area contributed by atoms with Crippen molar-refractivity contribution in [2.24, 2.45) is 11.1 Å².